The van der Waals surface area contributed by atoms with Crippen molar-refractivity contribution in [1.82, 2.24) is 10.2 Å². The molecule has 0 spiro atoms. The van der Waals surface area contributed by atoms with Gasteiger partial charge in [-0.15, -0.1) is 0 Å². The Hall–Kier alpha value is -1.20. The predicted molar refractivity (Wildman–Crippen MR) is 67.1 cm³/mol. The fourth-order valence-corrected chi connectivity index (χ4v) is 3.03. The third kappa shape index (κ3) is 2.21. The molecule has 0 bridgehead atoms. The van der Waals surface area contributed by atoms with Gasteiger partial charge in [0, 0.05) is 26.2 Å². The average Bonchev–Trinajstić information content (AvgIpc) is 2.93. The topological polar surface area (TPSA) is 32.3 Å². The molecule has 1 N–H and O–H groups in total. The number of amides is 1. The van der Waals surface area contributed by atoms with E-state index in [0.717, 1.165) is 25.2 Å². The fourth-order valence-electron chi connectivity index (χ4n) is 2.88. The molecule has 1 aromatic rings. The van der Waals surface area contributed by atoms with E-state index in [0.29, 0.717) is 24.9 Å². The van der Waals surface area contributed by atoms with Crippen molar-refractivity contribution in [1.29, 1.82) is 0 Å². The number of carbonyl (C=O) groups excluding carboxylic acids is 1. The van der Waals surface area contributed by atoms with Crippen molar-refractivity contribution < 1.29 is 13.6 Å². The molecule has 102 valence electrons. The molecule has 6 heteroatoms. The number of hydrogen-bond acceptors (Lipinski definition) is 2. The molecule has 1 amide bonds. The second kappa shape index (κ2) is 4.72. The van der Waals surface area contributed by atoms with Crippen LogP contribution in [-0.4, -0.2) is 37.0 Å². The zero-order chi connectivity index (χ0) is 13.6. The molecule has 2 heterocycles. The number of nitrogens with one attached hydrogen (secondary N) is 1. The van der Waals surface area contributed by atoms with Crippen LogP contribution in [0.4, 0.5) is 8.78 Å². The van der Waals surface area contributed by atoms with Gasteiger partial charge in [0.05, 0.1) is 10.6 Å². The van der Waals surface area contributed by atoms with E-state index in [2.05, 4.69) is 5.32 Å². The van der Waals surface area contributed by atoms with Gasteiger partial charge in [-0.1, -0.05) is 11.6 Å². The maximum atomic E-state index is 13.7. The first-order valence-corrected chi connectivity index (χ1v) is 6.58. The van der Waals surface area contributed by atoms with E-state index >= 15 is 0 Å². The first-order valence-electron chi connectivity index (χ1n) is 6.21. The van der Waals surface area contributed by atoms with Crippen molar-refractivity contribution in [2.45, 2.75) is 0 Å². The van der Waals surface area contributed by atoms with Crippen LogP contribution in [0.2, 0.25) is 5.02 Å². The van der Waals surface area contributed by atoms with Gasteiger partial charge in [0.25, 0.3) is 5.91 Å². The van der Waals surface area contributed by atoms with Gasteiger partial charge in [0.2, 0.25) is 0 Å². The van der Waals surface area contributed by atoms with Crippen LogP contribution in [0.15, 0.2) is 12.1 Å². The molecule has 0 saturated carbocycles. The van der Waals surface area contributed by atoms with E-state index in [1.54, 1.807) is 4.90 Å². The van der Waals surface area contributed by atoms with Crippen LogP contribution in [0.5, 0.6) is 0 Å². The number of nitrogens with zero attached hydrogens (tertiary/aromatic N) is 1. The molecule has 3 nitrogen and oxygen atoms in total. The first-order chi connectivity index (χ1) is 9.06. The second-order valence-corrected chi connectivity index (χ2v) is 5.54. The molecule has 3 rings (SSSR count). The van der Waals surface area contributed by atoms with Crippen molar-refractivity contribution in [3.8, 4) is 0 Å². The molecule has 2 unspecified atom stereocenters. The van der Waals surface area contributed by atoms with Gasteiger partial charge in [-0.05, 0) is 24.0 Å². The summed E-state index contributed by atoms with van der Waals surface area (Å²) >= 11 is 5.48. The van der Waals surface area contributed by atoms with Crippen molar-refractivity contribution in [3.05, 3.63) is 34.4 Å². The largest absolute Gasteiger partial charge is 0.338 e. The number of hydrogen-bond donors (Lipinski definition) is 1. The normalized spacial score (nSPS) is 25.7. The first kappa shape index (κ1) is 12.8. The molecule has 2 aliphatic rings. The van der Waals surface area contributed by atoms with Gasteiger partial charge in [-0.3, -0.25) is 4.79 Å². The Kier molecular flexibility index (Phi) is 3.19. The molecule has 0 aromatic heterocycles. The average molecular weight is 287 g/mol. The number of carbonyl (C=O) groups is 1. The molecule has 2 atom stereocenters. The standard InChI is InChI=1S/C13H13ClF2N2O/c14-10-2-11(15)9(1-12(10)16)13(19)18-5-7-3-17-4-8(7)6-18/h1-2,7-8,17H,3-6H2. The Bertz CT molecular complexity index is 526. The van der Waals surface area contributed by atoms with Crippen LogP contribution in [-0.2, 0) is 0 Å². The van der Waals surface area contributed by atoms with Gasteiger partial charge in [0.15, 0.2) is 0 Å². The summed E-state index contributed by atoms with van der Waals surface area (Å²) in [6.45, 7) is 2.96. The van der Waals surface area contributed by atoms with Crippen molar-refractivity contribution in [2.24, 2.45) is 11.8 Å². The van der Waals surface area contributed by atoms with Crippen LogP contribution in [0, 0.1) is 23.5 Å². The minimum Gasteiger partial charge on any atom is -0.338 e. The summed E-state index contributed by atoms with van der Waals surface area (Å²) in [7, 11) is 0. The highest BCUT2D eigenvalue weighted by molar-refractivity contribution is 6.30. The summed E-state index contributed by atoms with van der Waals surface area (Å²) in [6, 6.07) is 1.73. The fraction of sp³-hybridized carbons (Fsp3) is 0.462. The highest BCUT2D eigenvalue weighted by atomic mass is 35.5. The lowest BCUT2D eigenvalue weighted by molar-refractivity contribution is 0.0776. The Labute approximate surface area is 114 Å². The summed E-state index contributed by atoms with van der Waals surface area (Å²) in [5.41, 5.74) is -0.241. The third-order valence-corrected chi connectivity index (χ3v) is 4.21. The van der Waals surface area contributed by atoms with Gasteiger partial charge < -0.3 is 10.2 Å². The molecular formula is C13H13ClF2N2O. The smallest absolute Gasteiger partial charge is 0.256 e. The monoisotopic (exact) mass is 286 g/mol. The molecular weight excluding hydrogens is 274 g/mol. The highest BCUT2D eigenvalue weighted by Crippen LogP contribution is 2.28. The van der Waals surface area contributed by atoms with E-state index in [9.17, 15) is 13.6 Å². The Morgan fingerprint density at radius 2 is 1.84 bits per heavy atom. The maximum absolute atomic E-state index is 13.7. The molecule has 2 saturated heterocycles. The zero-order valence-corrected chi connectivity index (χ0v) is 10.9. The van der Waals surface area contributed by atoms with Crippen molar-refractivity contribution >= 4 is 17.5 Å². The number of rotatable bonds is 1. The maximum Gasteiger partial charge on any atom is 0.256 e. The molecule has 0 aliphatic carbocycles. The van der Waals surface area contributed by atoms with Crippen molar-refractivity contribution in [3.63, 3.8) is 0 Å². The van der Waals surface area contributed by atoms with E-state index in [-0.39, 0.29) is 10.6 Å². The van der Waals surface area contributed by atoms with E-state index in [1.807, 2.05) is 0 Å². The van der Waals surface area contributed by atoms with Gasteiger partial charge >= 0.3 is 0 Å². The molecule has 2 fully saturated rings. The Morgan fingerprint density at radius 3 is 2.47 bits per heavy atom. The van der Waals surface area contributed by atoms with Gasteiger partial charge in [-0.2, -0.15) is 0 Å². The molecule has 19 heavy (non-hydrogen) atoms. The van der Waals surface area contributed by atoms with E-state index in [4.69, 9.17) is 11.6 Å². The number of halogens is 3. The minimum absolute atomic E-state index is 0.241. The molecule has 2 aliphatic heterocycles. The highest BCUT2D eigenvalue weighted by Gasteiger charge is 2.38. The zero-order valence-electron chi connectivity index (χ0n) is 10.1. The summed E-state index contributed by atoms with van der Waals surface area (Å²) in [4.78, 5) is 13.8. The van der Waals surface area contributed by atoms with E-state index < -0.39 is 17.5 Å². The lowest BCUT2D eigenvalue weighted by Crippen LogP contribution is -2.32. The van der Waals surface area contributed by atoms with Crippen LogP contribution in [0.1, 0.15) is 10.4 Å². The predicted octanol–water partition coefficient (Wildman–Crippen LogP) is 1.91. The van der Waals surface area contributed by atoms with Gasteiger partial charge in [-0.25, -0.2) is 8.78 Å². The number of fused-ring (bicyclic) bond motifs is 1. The van der Waals surface area contributed by atoms with Crippen LogP contribution in [0.25, 0.3) is 0 Å². The van der Waals surface area contributed by atoms with Crippen LogP contribution >= 0.6 is 11.6 Å². The molecule has 0 radical (unpaired) electrons. The lowest BCUT2D eigenvalue weighted by Gasteiger charge is -2.18. The van der Waals surface area contributed by atoms with Crippen molar-refractivity contribution in [2.75, 3.05) is 26.2 Å². The van der Waals surface area contributed by atoms with Crippen LogP contribution in [0.3, 0.4) is 0 Å². The van der Waals surface area contributed by atoms with Gasteiger partial charge in [0.1, 0.15) is 11.6 Å². The lowest BCUT2D eigenvalue weighted by atomic mass is 10.0. The summed E-state index contributed by atoms with van der Waals surface area (Å²) in [5.74, 6) is -1.16. The van der Waals surface area contributed by atoms with E-state index in [1.165, 1.54) is 0 Å². The SMILES string of the molecule is O=C(c1cc(F)c(Cl)cc1F)N1CC2CNCC2C1. The Morgan fingerprint density at radius 1 is 1.21 bits per heavy atom. The summed E-state index contributed by atoms with van der Waals surface area (Å²) < 4.78 is 27.1. The third-order valence-electron chi connectivity index (χ3n) is 3.92. The quantitative estimate of drug-likeness (QED) is 0.800. The molecule has 1 aromatic carbocycles. The number of benzene rings is 1. The summed E-state index contributed by atoms with van der Waals surface area (Å²) in [5, 5.41) is 2.95. The summed E-state index contributed by atoms with van der Waals surface area (Å²) in [6.07, 6.45) is 0. The Balaban J connectivity index is 1.83. The van der Waals surface area contributed by atoms with Crippen LogP contribution < -0.4 is 5.32 Å². The second-order valence-electron chi connectivity index (χ2n) is 5.13. The minimum atomic E-state index is -0.772. The number of likely N-dealkylation sites (tertiary alicyclic amines) is 1.